The third-order valence-corrected chi connectivity index (χ3v) is 3.10. The minimum atomic E-state index is -0.911. The zero-order valence-corrected chi connectivity index (χ0v) is 11.2. The maximum absolute atomic E-state index is 11.8. The standard InChI is InChI=1S/C12H12N2O4S/c1-7-6-10(14-18-7)13-11(15)8(2)17-12(16)9-4-3-5-19-9/h3-6,8H,1-2H3,(H,13,14,15)/t8-/m1/s1. The number of ether oxygens (including phenoxy) is 1. The van der Waals surface area contributed by atoms with Crippen LogP contribution in [0.25, 0.3) is 0 Å². The van der Waals surface area contributed by atoms with Crippen LogP contribution in [0.2, 0.25) is 0 Å². The van der Waals surface area contributed by atoms with Crippen LogP contribution in [0.4, 0.5) is 5.82 Å². The number of aromatic nitrogens is 1. The van der Waals surface area contributed by atoms with Gasteiger partial charge in [0.1, 0.15) is 10.6 Å². The minimum Gasteiger partial charge on any atom is -0.448 e. The molecule has 19 heavy (non-hydrogen) atoms. The number of thiophene rings is 1. The molecule has 0 saturated carbocycles. The zero-order chi connectivity index (χ0) is 13.8. The first-order chi connectivity index (χ1) is 9.06. The van der Waals surface area contributed by atoms with Crippen molar-refractivity contribution in [1.82, 2.24) is 5.16 Å². The summed E-state index contributed by atoms with van der Waals surface area (Å²) in [5.41, 5.74) is 0. The molecule has 0 aromatic carbocycles. The molecule has 7 heteroatoms. The largest absolute Gasteiger partial charge is 0.448 e. The van der Waals surface area contributed by atoms with E-state index in [1.807, 2.05) is 0 Å². The van der Waals surface area contributed by atoms with Gasteiger partial charge >= 0.3 is 5.97 Å². The first kappa shape index (κ1) is 13.3. The van der Waals surface area contributed by atoms with Crippen LogP contribution in [0.5, 0.6) is 0 Å². The number of carbonyl (C=O) groups is 2. The Morgan fingerprint density at radius 3 is 2.89 bits per heavy atom. The van der Waals surface area contributed by atoms with E-state index in [9.17, 15) is 9.59 Å². The Morgan fingerprint density at radius 1 is 1.53 bits per heavy atom. The SMILES string of the molecule is Cc1cc(NC(=O)[C@@H](C)OC(=O)c2cccs2)no1. The smallest absolute Gasteiger partial charge is 0.349 e. The first-order valence-corrected chi connectivity index (χ1v) is 6.43. The highest BCUT2D eigenvalue weighted by molar-refractivity contribution is 7.11. The van der Waals surface area contributed by atoms with E-state index in [2.05, 4.69) is 10.5 Å². The summed E-state index contributed by atoms with van der Waals surface area (Å²) in [4.78, 5) is 23.9. The van der Waals surface area contributed by atoms with Gasteiger partial charge in [0.05, 0.1) is 0 Å². The molecule has 0 fully saturated rings. The number of rotatable bonds is 4. The lowest BCUT2D eigenvalue weighted by molar-refractivity contribution is -0.123. The average Bonchev–Trinajstić information content (AvgIpc) is 3.00. The Kier molecular flexibility index (Phi) is 3.96. The minimum absolute atomic E-state index is 0.293. The highest BCUT2D eigenvalue weighted by Gasteiger charge is 2.20. The van der Waals surface area contributed by atoms with E-state index in [-0.39, 0.29) is 0 Å². The van der Waals surface area contributed by atoms with E-state index < -0.39 is 18.0 Å². The lowest BCUT2D eigenvalue weighted by Crippen LogP contribution is -2.29. The van der Waals surface area contributed by atoms with Crippen LogP contribution in [0.3, 0.4) is 0 Å². The summed E-state index contributed by atoms with van der Waals surface area (Å²) in [6, 6.07) is 4.95. The van der Waals surface area contributed by atoms with Crippen molar-refractivity contribution in [3.63, 3.8) is 0 Å². The van der Waals surface area contributed by atoms with E-state index in [1.54, 1.807) is 30.5 Å². The van der Waals surface area contributed by atoms with Gasteiger partial charge in [-0.1, -0.05) is 11.2 Å². The average molecular weight is 280 g/mol. The molecule has 6 nitrogen and oxygen atoms in total. The third-order valence-electron chi connectivity index (χ3n) is 2.25. The zero-order valence-electron chi connectivity index (χ0n) is 10.4. The number of hydrogen-bond donors (Lipinski definition) is 1. The highest BCUT2D eigenvalue weighted by Crippen LogP contribution is 2.12. The van der Waals surface area contributed by atoms with E-state index in [0.29, 0.717) is 16.5 Å². The van der Waals surface area contributed by atoms with Crippen LogP contribution in [0.15, 0.2) is 28.1 Å². The van der Waals surface area contributed by atoms with E-state index in [4.69, 9.17) is 9.26 Å². The lowest BCUT2D eigenvalue weighted by Gasteiger charge is -2.11. The van der Waals surface area contributed by atoms with Gasteiger partial charge in [0.2, 0.25) is 0 Å². The molecule has 0 aliphatic heterocycles. The second-order valence-electron chi connectivity index (χ2n) is 3.84. The number of nitrogens with zero attached hydrogens (tertiary/aromatic N) is 1. The van der Waals surface area contributed by atoms with Crippen LogP contribution in [0, 0.1) is 6.92 Å². The Bertz CT molecular complexity index is 576. The number of nitrogens with one attached hydrogen (secondary N) is 1. The number of aryl methyl sites for hydroxylation is 1. The summed E-state index contributed by atoms with van der Waals surface area (Å²) in [6.45, 7) is 3.21. The molecule has 2 rings (SSSR count). The molecule has 0 unspecified atom stereocenters. The van der Waals surface area contributed by atoms with Crippen molar-refractivity contribution in [2.75, 3.05) is 5.32 Å². The fourth-order valence-corrected chi connectivity index (χ4v) is 1.93. The molecule has 0 spiro atoms. The Morgan fingerprint density at radius 2 is 2.32 bits per heavy atom. The van der Waals surface area contributed by atoms with Gasteiger partial charge in [-0.05, 0) is 25.3 Å². The fraction of sp³-hybridized carbons (Fsp3) is 0.250. The molecule has 1 N–H and O–H groups in total. The summed E-state index contributed by atoms with van der Waals surface area (Å²) in [6.07, 6.45) is -0.911. The van der Waals surface area contributed by atoms with Crippen LogP contribution in [-0.4, -0.2) is 23.1 Å². The second-order valence-corrected chi connectivity index (χ2v) is 4.78. The maximum Gasteiger partial charge on any atom is 0.349 e. The van der Waals surface area contributed by atoms with E-state index in [0.717, 1.165) is 0 Å². The first-order valence-electron chi connectivity index (χ1n) is 5.55. The number of esters is 1. The molecule has 0 bridgehead atoms. The molecular weight excluding hydrogens is 268 g/mol. The molecule has 1 amide bonds. The van der Waals surface area contributed by atoms with Gasteiger partial charge in [-0.3, -0.25) is 4.79 Å². The van der Waals surface area contributed by atoms with E-state index in [1.165, 1.54) is 18.3 Å². The normalized spacial score (nSPS) is 11.9. The molecule has 0 aliphatic carbocycles. The second kappa shape index (κ2) is 5.66. The highest BCUT2D eigenvalue weighted by atomic mass is 32.1. The van der Waals surface area contributed by atoms with Gasteiger partial charge in [-0.2, -0.15) is 0 Å². The van der Waals surface area contributed by atoms with Crippen molar-refractivity contribution >= 4 is 29.0 Å². The van der Waals surface area contributed by atoms with Gasteiger partial charge in [0.15, 0.2) is 11.9 Å². The number of amides is 1. The summed E-state index contributed by atoms with van der Waals surface area (Å²) < 4.78 is 9.85. The van der Waals surface area contributed by atoms with Gasteiger partial charge in [0, 0.05) is 6.07 Å². The molecule has 0 aliphatic rings. The predicted octanol–water partition coefficient (Wildman–Crippen LogP) is 2.23. The summed E-state index contributed by atoms with van der Waals surface area (Å²) in [5, 5.41) is 7.88. The fourth-order valence-electron chi connectivity index (χ4n) is 1.32. The molecule has 2 aromatic rings. The number of hydrogen-bond acceptors (Lipinski definition) is 6. The van der Waals surface area contributed by atoms with Crippen LogP contribution in [-0.2, 0) is 9.53 Å². The van der Waals surface area contributed by atoms with Crippen molar-refractivity contribution < 1.29 is 18.8 Å². The quantitative estimate of drug-likeness (QED) is 0.868. The Hall–Kier alpha value is -2.15. The Balaban J connectivity index is 1.91. The predicted molar refractivity (Wildman–Crippen MR) is 69.1 cm³/mol. The maximum atomic E-state index is 11.8. The summed E-state index contributed by atoms with van der Waals surface area (Å²) in [7, 11) is 0. The van der Waals surface area contributed by atoms with Gasteiger partial charge in [0.25, 0.3) is 5.91 Å². The van der Waals surface area contributed by atoms with Crippen molar-refractivity contribution in [1.29, 1.82) is 0 Å². The van der Waals surface area contributed by atoms with Gasteiger partial charge in [-0.15, -0.1) is 11.3 Å². The molecule has 1 atom stereocenters. The van der Waals surface area contributed by atoms with Crippen molar-refractivity contribution in [2.45, 2.75) is 20.0 Å². The molecule has 100 valence electrons. The number of carbonyl (C=O) groups excluding carboxylic acids is 2. The molecule has 0 radical (unpaired) electrons. The van der Waals surface area contributed by atoms with Crippen LogP contribution >= 0.6 is 11.3 Å². The van der Waals surface area contributed by atoms with Crippen molar-refractivity contribution in [3.05, 3.63) is 34.2 Å². The third kappa shape index (κ3) is 3.41. The van der Waals surface area contributed by atoms with Crippen molar-refractivity contribution in [3.8, 4) is 0 Å². The van der Waals surface area contributed by atoms with Crippen LogP contribution < -0.4 is 5.32 Å². The molecular formula is C12H12N2O4S. The molecule has 2 heterocycles. The molecule has 2 aromatic heterocycles. The van der Waals surface area contributed by atoms with Crippen molar-refractivity contribution in [2.24, 2.45) is 0 Å². The lowest BCUT2D eigenvalue weighted by atomic mass is 10.3. The van der Waals surface area contributed by atoms with Crippen LogP contribution in [0.1, 0.15) is 22.4 Å². The van der Waals surface area contributed by atoms with Gasteiger partial charge in [-0.25, -0.2) is 4.79 Å². The molecule has 0 saturated heterocycles. The monoisotopic (exact) mass is 280 g/mol. The summed E-state index contributed by atoms with van der Waals surface area (Å²) >= 11 is 1.26. The number of anilines is 1. The topological polar surface area (TPSA) is 81.4 Å². The van der Waals surface area contributed by atoms with E-state index >= 15 is 0 Å². The Labute approximate surface area is 113 Å². The van der Waals surface area contributed by atoms with Gasteiger partial charge < -0.3 is 14.6 Å². The summed E-state index contributed by atoms with van der Waals surface area (Å²) in [5.74, 6) is -0.104.